The van der Waals surface area contributed by atoms with E-state index in [0.29, 0.717) is 17.9 Å². The van der Waals surface area contributed by atoms with Crippen molar-refractivity contribution in [3.8, 4) is 0 Å². The van der Waals surface area contributed by atoms with Crippen molar-refractivity contribution in [1.82, 2.24) is 19.8 Å². The molecule has 6 nitrogen and oxygen atoms in total. The molecule has 7 heteroatoms. The smallest absolute Gasteiger partial charge is 0.232 e. The highest BCUT2D eigenvalue weighted by atomic mass is 35.5. The van der Waals surface area contributed by atoms with Crippen LogP contribution in [-0.2, 0) is 4.79 Å². The first-order valence-corrected chi connectivity index (χ1v) is 12.9. The first kappa shape index (κ1) is 25.9. The molecule has 0 N–H and O–H groups in total. The lowest BCUT2D eigenvalue weighted by Crippen LogP contribution is -2.45. The van der Waals surface area contributed by atoms with Crippen LogP contribution >= 0.6 is 11.6 Å². The molecule has 1 aromatic heterocycles. The fraction of sp³-hybridized carbons (Fsp3) is 0.345. The Kier molecular flexibility index (Phi) is 8.39. The molecule has 1 saturated heterocycles. The molecule has 1 amide bonds. The molecule has 188 valence electrons. The first-order chi connectivity index (χ1) is 17.5. The number of halogens is 1. The summed E-state index contributed by atoms with van der Waals surface area (Å²) in [5.74, 6) is 0.588. The molecule has 2 bridgehead atoms. The number of nitrogens with zero attached hydrogens (tertiary/aromatic N) is 5. The highest BCUT2D eigenvalue weighted by Gasteiger charge is 2.30. The van der Waals surface area contributed by atoms with Crippen LogP contribution in [-0.4, -0.2) is 58.9 Å². The average Bonchev–Trinajstić information content (AvgIpc) is 3.11. The molecular weight excluding hydrogens is 470 g/mol. The van der Waals surface area contributed by atoms with E-state index in [-0.39, 0.29) is 11.8 Å². The lowest BCUT2D eigenvalue weighted by Gasteiger charge is -2.32. The Hall–Kier alpha value is -3.22. The van der Waals surface area contributed by atoms with E-state index in [4.69, 9.17) is 11.6 Å². The molecule has 1 atom stereocenters. The highest BCUT2D eigenvalue weighted by Crippen LogP contribution is 2.38. The van der Waals surface area contributed by atoms with Crippen molar-refractivity contribution >= 4 is 29.0 Å². The van der Waals surface area contributed by atoms with Gasteiger partial charge in [-0.05, 0) is 37.6 Å². The van der Waals surface area contributed by atoms with Crippen LogP contribution in [0.3, 0.4) is 0 Å². The summed E-state index contributed by atoms with van der Waals surface area (Å²) >= 11 is 6.94. The predicted octanol–water partition coefficient (Wildman–Crippen LogP) is 5.46. The van der Waals surface area contributed by atoms with Gasteiger partial charge in [0.15, 0.2) is 0 Å². The summed E-state index contributed by atoms with van der Waals surface area (Å²) in [7, 11) is 2.13. The number of amides is 1. The number of piperazine rings is 1. The van der Waals surface area contributed by atoms with Crippen molar-refractivity contribution < 1.29 is 4.79 Å². The van der Waals surface area contributed by atoms with E-state index >= 15 is 0 Å². The number of allylic oxidation sites excluding steroid dienone is 12. The van der Waals surface area contributed by atoms with Crippen LogP contribution in [0.4, 0.5) is 5.95 Å². The van der Waals surface area contributed by atoms with Crippen molar-refractivity contribution in [3.05, 3.63) is 95.1 Å². The quantitative estimate of drug-likeness (QED) is 0.482. The van der Waals surface area contributed by atoms with Crippen molar-refractivity contribution in [2.75, 3.05) is 38.1 Å². The summed E-state index contributed by atoms with van der Waals surface area (Å²) in [4.78, 5) is 29.4. The minimum absolute atomic E-state index is 0.00473. The monoisotopic (exact) mass is 503 g/mol. The van der Waals surface area contributed by atoms with Gasteiger partial charge in [-0.15, -0.1) is 0 Å². The van der Waals surface area contributed by atoms with Crippen molar-refractivity contribution in [1.29, 1.82) is 0 Å². The normalized spacial score (nSPS) is 23.8. The third-order valence-corrected chi connectivity index (χ3v) is 7.24. The third kappa shape index (κ3) is 5.45. The van der Waals surface area contributed by atoms with Gasteiger partial charge in [-0.1, -0.05) is 67.6 Å². The number of anilines is 1. The first-order valence-electron chi connectivity index (χ1n) is 12.5. The molecule has 36 heavy (non-hydrogen) atoms. The maximum atomic E-state index is 13.7. The predicted molar refractivity (Wildman–Crippen MR) is 148 cm³/mol. The van der Waals surface area contributed by atoms with Crippen LogP contribution in [0.25, 0.3) is 5.57 Å². The summed E-state index contributed by atoms with van der Waals surface area (Å²) in [5, 5.41) is 0.592. The maximum Gasteiger partial charge on any atom is 0.232 e. The Morgan fingerprint density at radius 1 is 1.22 bits per heavy atom. The Morgan fingerprint density at radius 2 is 1.94 bits per heavy atom. The minimum atomic E-state index is -0.156. The molecule has 2 aliphatic heterocycles. The van der Waals surface area contributed by atoms with E-state index in [2.05, 4.69) is 45.5 Å². The van der Waals surface area contributed by atoms with Gasteiger partial charge >= 0.3 is 0 Å². The summed E-state index contributed by atoms with van der Waals surface area (Å²) in [6, 6.07) is 0. The lowest BCUT2D eigenvalue weighted by molar-refractivity contribution is -0.128. The summed E-state index contributed by atoms with van der Waals surface area (Å²) in [6.45, 7) is 11.5. The second-order valence-electron chi connectivity index (χ2n) is 9.13. The van der Waals surface area contributed by atoms with Crippen LogP contribution in [0.15, 0.2) is 89.6 Å². The van der Waals surface area contributed by atoms with Crippen LogP contribution < -0.4 is 4.90 Å². The number of carbonyl (C=O) groups excluding carboxylic acids is 1. The molecule has 1 aliphatic carbocycles. The minimum Gasteiger partial charge on any atom is -0.338 e. The van der Waals surface area contributed by atoms with Crippen LogP contribution in [0, 0.1) is 5.92 Å². The zero-order chi connectivity index (χ0) is 25.7. The van der Waals surface area contributed by atoms with Crippen LogP contribution in [0.5, 0.6) is 0 Å². The number of rotatable bonds is 6. The molecule has 1 unspecified atom stereocenters. The molecular formula is C29H34ClN5O. The van der Waals surface area contributed by atoms with E-state index in [9.17, 15) is 4.79 Å². The number of carbonyl (C=O) groups is 1. The number of fused-ring (bicyclic) bond motifs is 1. The van der Waals surface area contributed by atoms with E-state index in [1.54, 1.807) is 11.0 Å². The van der Waals surface area contributed by atoms with E-state index in [1.165, 1.54) is 0 Å². The van der Waals surface area contributed by atoms with Crippen LogP contribution in [0.1, 0.15) is 32.3 Å². The number of hydrogen-bond donors (Lipinski definition) is 0. The van der Waals surface area contributed by atoms with Gasteiger partial charge in [-0.25, -0.2) is 9.97 Å². The average molecular weight is 504 g/mol. The third-order valence-electron chi connectivity index (χ3n) is 6.80. The molecule has 0 saturated carbocycles. The van der Waals surface area contributed by atoms with Gasteiger partial charge in [0.2, 0.25) is 11.9 Å². The molecule has 0 radical (unpaired) electrons. The molecule has 4 rings (SSSR count). The second-order valence-corrected chi connectivity index (χ2v) is 9.51. The van der Waals surface area contributed by atoms with E-state index < -0.39 is 0 Å². The summed E-state index contributed by atoms with van der Waals surface area (Å²) in [6.07, 6.45) is 20.2. The largest absolute Gasteiger partial charge is 0.338 e. The zero-order valence-corrected chi connectivity index (χ0v) is 22.1. The zero-order valence-electron chi connectivity index (χ0n) is 21.3. The fourth-order valence-electron chi connectivity index (χ4n) is 4.78. The molecule has 3 heterocycles. The van der Waals surface area contributed by atoms with Crippen LogP contribution in [0.2, 0.25) is 0 Å². The lowest BCUT2D eigenvalue weighted by atomic mass is 9.88. The van der Waals surface area contributed by atoms with E-state index in [1.807, 2.05) is 56.6 Å². The molecule has 0 aromatic carbocycles. The Balaban J connectivity index is 1.68. The Morgan fingerprint density at radius 3 is 2.58 bits per heavy atom. The molecule has 1 aromatic rings. The van der Waals surface area contributed by atoms with Gasteiger partial charge in [0.05, 0.1) is 5.03 Å². The Labute approximate surface area is 219 Å². The van der Waals surface area contributed by atoms with Gasteiger partial charge in [-0.2, -0.15) is 0 Å². The van der Waals surface area contributed by atoms with Crippen molar-refractivity contribution in [3.63, 3.8) is 0 Å². The standard InChI is InChI=1S/C29H34ClN5O/c1-5-8-11-24(6-2)35-26(7-3)28(30)21-10-9-12-25(22(17-21)18-27(35)36)23-19-31-29(32-20-23)34-15-13-33(4)14-16-34/h5-6,8-12,17,19-20,22H,1,7,13-16,18H2,2-4H3/b11-8-,24-6+,28-26+. The molecule has 1 fully saturated rings. The molecule has 0 spiro atoms. The second kappa shape index (κ2) is 11.7. The van der Waals surface area contributed by atoms with Gasteiger partial charge in [-0.3, -0.25) is 9.69 Å². The van der Waals surface area contributed by atoms with Gasteiger partial charge in [0, 0.05) is 67.9 Å². The van der Waals surface area contributed by atoms with Crippen molar-refractivity contribution in [2.24, 2.45) is 5.92 Å². The topological polar surface area (TPSA) is 52.6 Å². The highest BCUT2D eigenvalue weighted by molar-refractivity contribution is 6.33. The van der Waals surface area contributed by atoms with Crippen molar-refractivity contribution in [2.45, 2.75) is 26.7 Å². The fourth-order valence-corrected chi connectivity index (χ4v) is 5.13. The number of hydrogen-bond acceptors (Lipinski definition) is 5. The van der Waals surface area contributed by atoms with Gasteiger partial charge in [0.25, 0.3) is 0 Å². The van der Waals surface area contributed by atoms with E-state index in [0.717, 1.165) is 60.2 Å². The summed E-state index contributed by atoms with van der Waals surface area (Å²) in [5.41, 5.74) is 4.41. The molecule has 3 aliphatic rings. The maximum absolute atomic E-state index is 13.7. The summed E-state index contributed by atoms with van der Waals surface area (Å²) < 4.78 is 0. The van der Waals surface area contributed by atoms with Gasteiger partial charge in [0.1, 0.15) is 0 Å². The number of aromatic nitrogens is 2. The van der Waals surface area contributed by atoms with Gasteiger partial charge < -0.3 is 9.80 Å². The SMILES string of the molecule is C=C/C=C\C(=C/C)N1C(=O)CC2C=C(C=CC=C2c2cnc(N3CCN(C)CC3)nc2)/C(Cl)=C\1CC. The Bertz CT molecular complexity index is 1180. The number of likely N-dealkylation sites (N-methyl/N-ethyl adjacent to an activating group) is 1.